The molecule has 5 unspecified atom stereocenters. The molecule has 1 saturated heterocycles. The molecule has 1 nitrogen and oxygen atoms in total. The quantitative estimate of drug-likeness (QED) is 0.596. The molecule has 0 aromatic carbocycles. The van der Waals surface area contributed by atoms with Crippen LogP contribution < -0.4 is 0 Å². The summed E-state index contributed by atoms with van der Waals surface area (Å²) in [5.74, 6) is 2.78. The van der Waals surface area contributed by atoms with E-state index in [-0.39, 0.29) is 0 Å². The molecule has 1 aliphatic heterocycles. The highest BCUT2D eigenvalue weighted by Gasteiger charge is 2.41. The maximum Gasteiger partial charge on any atom is 0.105 e. The molecule has 5 atom stereocenters. The molecule has 2 fully saturated rings. The van der Waals surface area contributed by atoms with Crippen molar-refractivity contribution in [1.82, 2.24) is 4.90 Å². The first-order valence-corrected chi connectivity index (χ1v) is 9.00. The molecular formula is C16H32BNS. The molecule has 110 valence electrons. The minimum absolute atomic E-state index is 0.503. The van der Waals surface area contributed by atoms with E-state index < -0.39 is 0 Å². The molecule has 0 aromatic heterocycles. The molecule has 3 heteroatoms. The Labute approximate surface area is 126 Å². The molecule has 0 radical (unpaired) electrons. The van der Waals surface area contributed by atoms with E-state index in [1.807, 2.05) is 0 Å². The smallest absolute Gasteiger partial charge is 0.105 e. The fourth-order valence-electron chi connectivity index (χ4n) is 4.67. The van der Waals surface area contributed by atoms with Crippen molar-refractivity contribution in [3.05, 3.63) is 0 Å². The van der Waals surface area contributed by atoms with Gasteiger partial charge in [0, 0.05) is 12.1 Å². The number of fused-ring (bicyclic) bond motifs is 1. The number of rotatable bonds is 2. The zero-order valence-electron chi connectivity index (χ0n) is 13.3. The van der Waals surface area contributed by atoms with Gasteiger partial charge >= 0.3 is 0 Å². The summed E-state index contributed by atoms with van der Waals surface area (Å²) in [6, 6.07) is 1.45. The van der Waals surface area contributed by atoms with Crippen LogP contribution in [0, 0.1) is 11.8 Å². The standard InChI is InChI=1S/C16H32BNS/c1-4-12-6-5-7-15-13(9-14(17)8-12)10-16(19)18(15)11(2)3/h11-16,19H,4-10,17H2,1-3H3. The predicted octanol–water partition coefficient (Wildman–Crippen LogP) is 3.75. The van der Waals surface area contributed by atoms with Crippen LogP contribution in [0.1, 0.15) is 65.7 Å². The predicted molar refractivity (Wildman–Crippen MR) is 90.8 cm³/mol. The zero-order valence-corrected chi connectivity index (χ0v) is 14.2. The van der Waals surface area contributed by atoms with Gasteiger partial charge in [0.2, 0.25) is 0 Å². The highest BCUT2D eigenvalue weighted by Crippen LogP contribution is 2.43. The first-order valence-electron chi connectivity index (χ1n) is 8.48. The van der Waals surface area contributed by atoms with Crippen molar-refractivity contribution in [2.45, 2.75) is 89.0 Å². The van der Waals surface area contributed by atoms with Crippen LogP contribution in [0.5, 0.6) is 0 Å². The third-order valence-corrected chi connectivity index (χ3v) is 5.99. The molecule has 1 saturated carbocycles. The van der Waals surface area contributed by atoms with Crippen molar-refractivity contribution >= 4 is 20.5 Å². The largest absolute Gasteiger partial charge is 0.286 e. The monoisotopic (exact) mass is 281 g/mol. The van der Waals surface area contributed by atoms with Crippen molar-refractivity contribution in [3.8, 4) is 0 Å². The van der Waals surface area contributed by atoms with Crippen molar-refractivity contribution in [2.75, 3.05) is 0 Å². The summed E-state index contributed by atoms with van der Waals surface area (Å²) in [6.45, 7) is 7.06. The van der Waals surface area contributed by atoms with Crippen molar-refractivity contribution in [1.29, 1.82) is 0 Å². The Bertz CT molecular complexity index is 284. The molecule has 2 aliphatic rings. The van der Waals surface area contributed by atoms with Crippen LogP contribution in [0.4, 0.5) is 0 Å². The summed E-state index contributed by atoms with van der Waals surface area (Å²) >= 11 is 4.87. The van der Waals surface area contributed by atoms with Crippen LogP contribution in [-0.4, -0.2) is 30.2 Å². The highest BCUT2D eigenvalue weighted by molar-refractivity contribution is 7.80. The van der Waals surface area contributed by atoms with Gasteiger partial charge in [-0.25, -0.2) is 0 Å². The summed E-state index contributed by atoms with van der Waals surface area (Å²) in [7, 11) is 2.48. The number of hydrogen-bond donors (Lipinski definition) is 1. The molecule has 1 aliphatic carbocycles. The van der Waals surface area contributed by atoms with Crippen LogP contribution in [-0.2, 0) is 0 Å². The van der Waals surface area contributed by atoms with E-state index in [4.69, 9.17) is 12.6 Å². The van der Waals surface area contributed by atoms with Gasteiger partial charge in [-0.3, -0.25) is 4.90 Å². The molecule has 1 heterocycles. The van der Waals surface area contributed by atoms with Gasteiger partial charge in [0.05, 0.1) is 5.37 Å². The minimum atomic E-state index is 0.503. The van der Waals surface area contributed by atoms with Crippen molar-refractivity contribution < 1.29 is 0 Å². The second-order valence-corrected chi connectivity index (χ2v) is 7.96. The second-order valence-electron chi connectivity index (χ2n) is 7.37. The van der Waals surface area contributed by atoms with E-state index in [1.54, 1.807) is 0 Å². The number of thiol groups is 1. The average molecular weight is 281 g/mol. The van der Waals surface area contributed by atoms with Crippen LogP contribution in [0.25, 0.3) is 0 Å². The Kier molecular flexibility index (Phi) is 5.71. The molecule has 0 spiro atoms. The van der Waals surface area contributed by atoms with E-state index in [0.717, 1.165) is 23.7 Å². The lowest BCUT2D eigenvalue weighted by Gasteiger charge is -2.33. The Morgan fingerprint density at radius 3 is 2.58 bits per heavy atom. The first-order chi connectivity index (χ1) is 9.02. The van der Waals surface area contributed by atoms with E-state index in [9.17, 15) is 0 Å². The lowest BCUT2D eigenvalue weighted by atomic mass is 9.73. The number of hydrogen-bond acceptors (Lipinski definition) is 2. The molecule has 2 rings (SSSR count). The van der Waals surface area contributed by atoms with Gasteiger partial charge in [0.1, 0.15) is 7.85 Å². The van der Waals surface area contributed by atoms with Gasteiger partial charge in [-0.1, -0.05) is 44.8 Å². The summed E-state index contributed by atoms with van der Waals surface area (Å²) < 4.78 is 0. The summed E-state index contributed by atoms with van der Waals surface area (Å²) in [4.78, 5) is 2.70. The maximum absolute atomic E-state index is 4.87. The normalized spacial score (nSPS) is 41.6. The molecule has 19 heavy (non-hydrogen) atoms. The highest BCUT2D eigenvalue weighted by atomic mass is 32.1. The van der Waals surface area contributed by atoms with Gasteiger partial charge in [-0.05, 0) is 38.5 Å². The third-order valence-electron chi connectivity index (χ3n) is 5.51. The van der Waals surface area contributed by atoms with Gasteiger partial charge in [0.15, 0.2) is 0 Å². The van der Waals surface area contributed by atoms with Crippen LogP contribution in [0.2, 0.25) is 5.82 Å². The Balaban J connectivity index is 2.08. The van der Waals surface area contributed by atoms with Crippen molar-refractivity contribution in [3.63, 3.8) is 0 Å². The van der Waals surface area contributed by atoms with Crippen molar-refractivity contribution in [2.24, 2.45) is 11.8 Å². The molecule has 0 amide bonds. The maximum atomic E-state index is 4.87. The van der Waals surface area contributed by atoms with Gasteiger partial charge < -0.3 is 0 Å². The van der Waals surface area contributed by atoms with E-state index in [2.05, 4.69) is 33.5 Å². The van der Waals surface area contributed by atoms with Gasteiger partial charge in [0.25, 0.3) is 0 Å². The number of nitrogens with zero attached hydrogens (tertiary/aromatic N) is 1. The topological polar surface area (TPSA) is 3.24 Å². The second kappa shape index (κ2) is 6.89. The minimum Gasteiger partial charge on any atom is -0.286 e. The SMILES string of the molecule is BC1CC(CC)CCCC2C(C1)CC(S)N2C(C)C. The first kappa shape index (κ1) is 15.8. The van der Waals surface area contributed by atoms with Crippen LogP contribution >= 0.6 is 12.6 Å². The summed E-state index contributed by atoms with van der Waals surface area (Å²) in [5, 5.41) is 0.503. The zero-order chi connectivity index (χ0) is 14.0. The molecule has 0 N–H and O–H groups in total. The Morgan fingerprint density at radius 1 is 1.21 bits per heavy atom. The van der Waals surface area contributed by atoms with E-state index >= 15 is 0 Å². The Morgan fingerprint density at radius 2 is 1.95 bits per heavy atom. The summed E-state index contributed by atoms with van der Waals surface area (Å²) in [5.41, 5.74) is 0. The molecule has 0 bridgehead atoms. The third kappa shape index (κ3) is 3.72. The fraction of sp³-hybridized carbons (Fsp3) is 1.00. The van der Waals surface area contributed by atoms with E-state index in [1.165, 1.54) is 44.9 Å². The fourth-order valence-corrected chi connectivity index (χ4v) is 5.37. The van der Waals surface area contributed by atoms with Gasteiger partial charge in [-0.2, -0.15) is 12.6 Å². The van der Waals surface area contributed by atoms with E-state index in [0.29, 0.717) is 11.4 Å². The van der Waals surface area contributed by atoms with Gasteiger partial charge in [-0.15, -0.1) is 0 Å². The lowest BCUT2D eigenvalue weighted by Crippen LogP contribution is -2.40. The summed E-state index contributed by atoms with van der Waals surface area (Å²) in [6.07, 6.45) is 9.86. The number of likely N-dealkylation sites (tertiary alicyclic amines) is 1. The lowest BCUT2D eigenvalue weighted by molar-refractivity contribution is 0.158. The Hall–Kier alpha value is 0.375. The average Bonchev–Trinajstić information content (AvgIpc) is 2.65. The van der Waals surface area contributed by atoms with Crippen LogP contribution in [0.15, 0.2) is 0 Å². The molecule has 0 aromatic rings. The van der Waals surface area contributed by atoms with Crippen LogP contribution in [0.3, 0.4) is 0 Å². The molecular weight excluding hydrogens is 249 g/mol.